The lowest BCUT2D eigenvalue weighted by molar-refractivity contribution is 0.0981. The van der Waals surface area contributed by atoms with Crippen LogP contribution in [0.2, 0.25) is 5.02 Å². The second-order valence-corrected chi connectivity index (χ2v) is 6.41. The van der Waals surface area contributed by atoms with Crippen molar-refractivity contribution in [3.05, 3.63) is 101 Å². The van der Waals surface area contributed by atoms with Crippen LogP contribution in [0.15, 0.2) is 79.1 Å². The number of rotatable bonds is 4. The maximum Gasteiger partial charge on any atom is 0.263 e. The van der Waals surface area contributed by atoms with Crippen molar-refractivity contribution in [2.45, 2.75) is 6.54 Å². The van der Waals surface area contributed by atoms with E-state index in [0.717, 1.165) is 11.3 Å². The van der Waals surface area contributed by atoms with Crippen molar-refractivity contribution >= 4 is 28.8 Å². The van der Waals surface area contributed by atoms with E-state index in [1.807, 2.05) is 47.0 Å². The fraction of sp³-hybridized carbons (Fsp3) is 0.0476. The second kappa shape index (κ2) is 7.21. The number of fused-ring (bicyclic) bond motifs is 1. The predicted molar refractivity (Wildman–Crippen MR) is 104 cm³/mol. The number of halogens is 2. The Morgan fingerprint density at radius 2 is 1.81 bits per heavy atom. The van der Waals surface area contributed by atoms with Crippen molar-refractivity contribution in [2.75, 3.05) is 4.90 Å². The summed E-state index contributed by atoms with van der Waals surface area (Å²) in [6.45, 7) is 0.221. The van der Waals surface area contributed by atoms with E-state index in [1.165, 1.54) is 23.1 Å². The summed E-state index contributed by atoms with van der Waals surface area (Å²) in [4.78, 5) is 19.1. The van der Waals surface area contributed by atoms with Crippen LogP contribution in [0, 0.1) is 5.82 Å². The van der Waals surface area contributed by atoms with Crippen molar-refractivity contribution in [3.8, 4) is 0 Å². The number of anilines is 1. The summed E-state index contributed by atoms with van der Waals surface area (Å²) in [5.41, 5.74) is 2.08. The van der Waals surface area contributed by atoms with Gasteiger partial charge in [0, 0.05) is 11.9 Å². The number of nitrogens with zero attached hydrogens (tertiary/aromatic N) is 3. The van der Waals surface area contributed by atoms with E-state index in [9.17, 15) is 9.18 Å². The molecule has 2 aromatic heterocycles. The first-order valence-corrected chi connectivity index (χ1v) is 8.75. The summed E-state index contributed by atoms with van der Waals surface area (Å²) >= 11 is 6.13. The van der Waals surface area contributed by atoms with Crippen molar-refractivity contribution in [1.82, 2.24) is 9.38 Å². The average Bonchev–Trinajstić information content (AvgIpc) is 3.09. The van der Waals surface area contributed by atoms with Crippen LogP contribution in [0.1, 0.15) is 16.1 Å². The van der Waals surface area contributed by atoms with E-state index in [-0.39, 0.29) is 17.1 Å². The van der Waals surface area contributed by atoms with Crippen molar-refractivity contribution < 1.29 is 9.18 Å². The normalized spacial score (nSPS) is 10.9. The molecule has 0 spiro atoms. The molecule has 0 saturated carbocycles. The largest absolute Gasteiger partial charge is 0.302 e. The molecule has 0 aliphatic carbocycles. The number of hydrogen-bond donors (Lipinski definition) is 0. The predicted octanol–water partition coefficient (Wildman–Crippen LogP) is 4.97. The molecule has 0 aliphatic heterocycles. The minimum Gasteiger partial charge on any atom is -0.302 e. The molecular formula is C21H15ClFN3O. The minimum atomic E-state index is -0.647. The minimum absolute atomic E-state index is 0.0825. The van der Waals surface area contributed by atoms with Gasteiger partial charge in [-0.05, 0) is 36.4 Å². The van der Waals surface area contributed by atoms with Gasteiger partial charge in [-0.15, -0.1) is 0 Å². The molecule has 4 aromatic rings. The maximum absolute atomic E-state index is 14.4. The zero-order valence-electron chi connectivity index (χ0n) is 14.2. The number of imidazole rings is 1. The molecule has 0 unspecified atom stereocenters. The highest BCUT2D eigenvalue weighted by molar-refractivity contribution is 6.34. The van der Waals surface area contributed by atoms with Gasteiger partial charge in [0.2, 0.25) is 0 Å². The molecule has 0 aliphatic rings. The maximum atomic E-state index is 14.4. The highest BCUT2D eigenvalue weighted by Crippen LogP contribution is 2.26. The number of pyridine rings is 1. The molecule has 6 heteroatoms. The molecule has 0 bridgehead atoms. The Kier molecular flexibility index (Phi) is 4.60. The quantitative estimate of drug-likeness (QED) is 0.502. The number of benzene rings is 2. The number of carbonyl (C=O) groups excluding carboxylic acids is 1. The number of amides is 1. The Bertz CT molecular complexity index is 1090. The summed E-state index contributed by atoms with van der Waals surface area (Å²) in [6.07, 6.45) is 3.59. The SMILES string of the molecule is O=C(c1c(F)cccc1Cl)N(Cc1cnc2ccccn12)c1ccccc1. The van der Waals surface area contributed by atoms with Gasteiger partial charge in [0.05, 0.1) is 29.0 Å². The molecule has 4 nitrogen and oxygen atoms in total. The lowest BCUT2D eigenvalue weighted by atomic mass is 10.1. The van der Waals surface area contributed by atoms with E-state index >= 15 is 0 Å². The smallest absolute Gasteiger partial charge is 0.263 e. The van der Waals surface area contributed by atoms with Crippen LogP contribution in [0.3, 0.4) is 0 Å². The highest BCUT2D eigenvalue weighted by Gasteiger charge is 2.24. The van der Waals surface area contributed by atoms with Crippen LogP contribution in [0.4, 0.5) is 10.1 Å². The molecule has 4 rings (SSSR count). The third kappa shape index (κ3) is 3.29. The molecule has 0 fully saturated rings. The molecule has 0 N–H and O–H groups in total. The first-order valence-electron chi connectivity index (χ1n) is 8.37. The molecule has 2 aromatic carbocycles. The Hall–Kier alpha value is -3.18. The number of carbonyl (C=O) groups is 1. The van der Waals surface area contributed by atoms with Crippen LogP contribution >= 0.6 is 11.6 Å². The van der Waals surface area contributed by atoms with Crippen molar-refractivity contribution in [3.63, 3.8) is 0 Å². The zero-order valence-corrected chi connectivity index (χ0v) is 15.0. The molecule has 134 valence electrons. The molecule has 2 heterocycles. The van der Waals surface area contributed by atoms with E-state index in [4.69, 9.17) is 11.6 Å². The van der Waals surface area contributed by atoms with Crippen LogP contribution < -0.4 is 4.90 Å². The van der Waals surface area contributed by atoms with Crippen molar-refractivity contribution in [1.29, 1.82) is 0 Å². The highest BCUT2D eigenvalue weighted by atomic mass is 35.5. The lowest BCUT2D eigenvalue weighted by Crippen LogP contribution is -2.31. The zero-order chi connectivity index (χ0) is 18.8. The fourth-order valence-corrected chi connectivity index (χ4v) is 3.23. The second-order valence-electron chi connectivity index (χ2n) is 6.00. The van der Waals surface area contributed by atoms with Gasteiger partial charge in [-0.1, -0.05) is 41.9 Å². The van der Waals surface area contributed by atoms with Gasteiger partial charge in [0.1, 0.15) is 11.5 Å². The Morgan fingerprint density at radius 3 is 2.59 bits per heavy atom. The molecule has 0 radical (unpaired) electrons. The Labute approximate surface area is 160 Å². The number of para-hydroxylation sites is 1. The lowest BCUT2D eigenvalue weighted by Gasteiger charge is -2.23. The van der Waals surface area contributed by atoms with Gasteiger partial charge in [0.25, 0.3) is 5.91 Å². The Morgan fingerprint density at radius 1 is 1.04 bits per heavy atom. The van der Waals surface area contributed by atoms with Gasteiger partial charge in [0.15, 0.2) is 0 Å². The van der Waals surface area contributed by atoms with Gasteiger partial charge < -0.3 is 9.30 Å². The van der Waals surface area contributed by atoms with Crippen molar-refractivity contribution in [2.24, 2.45) is 0 Å². The third-order valence-electron chi connectivity index (χ3n) is 4.30. The average molecular weight is 380 g/mol. The molecule has 0 atom stereocenters. The monoisotopic (exact) mass is 379 g/mol. The van der Waals surface area contributed by atoms with Gasteiger partial charge >= 0.3 is 0 Å². The van der Waals surface area contributed by atoms with Gasteiger partial charge in [-0.25, -0.2) is 9.37 Å². The summed E-state index contributed by atoms with van der Waals surface area (Å²) in [5, 5.41) is 0.0825. The topological polar surface area (TPSA) is 37.6 Å². The standard InChI is InChI=1S/C21H15ClFN3O/c22-17-9-6-10-18(23)20(17)21(27)26(15-7-2-1-3-8-15)14-16-13-24-19-11-4-5-12-25(16)19/h1-13H,14H2. The van der Waals surface area contributed by atoms with E-state index in [0.29, 0.717) is 5.69 Å². The van der Waals surface area contributed by atoms with Gasteiger partial charge in [-0.2, -0.15) is 0 Å². The molecule has 0 saturated heterocycles. The summed E-state index contributed by atoms with van der Waals surface area (Å²) < 4.78 is 16.3. The summed E-state index contributed by atoms with van der Waals surface area (Å²) in [7, 11) is 0. The summed E-state index contributed by atoms with van der Waals surface area (Å²) in [5.74, 6) is -1.15. The fourth-order valence-electron chi connectivity index (χ4n) is 2.99. The van der Waals surface area contributed by atoms with E-state index in [2.05, 4.69) is 4.98 Å². The molecular weight excluding hydrogens is 365 g/mol. The van der Waals surface area contributed by atoms with Crippen LogP contribution in [0.5, 0.6) is 0 Å². The summed E-state index contributed by atoms with van der Waals surface area (Å²) in [6, 6.07) is 19.0. The van der Waals surface area contributed by atoms with Gasteiger partial charge in [-0.3, -0.25) is 4.79 Å². The van der Waals surface area contributed by atoms with Crippen LogP contribution in [-0.2, 0) is 6.54 Å². The number of aromatic nitrogens is 2. The Balaban J connectivity index is 1.79. The van der Waals surface area contributed by atoms with Crippen LogP contribution in [0.25, 0.3) is 5.65 Å². The molecule has 27 heavy (non-hydrogen) atoms. The van der Waals surface area contributed by atoms with E-state index in [1.54, 1.807) is 18.3 Å². The molecule has 1 amide bonds. The van der Waals surface area contributed by atoms with E-state index < -0.39 is 11.7 Å². The first-order chi connectivity index (χ1) is 13.1. The number of hydrogen-bond acceptors (Lipinski definition) is 2. The first kappa shape index (κ1) is 17.2. The van der Waals surface area contributed by atoms with Crippen LogP contribution in [-0.4, -0.2) is 15.3 Å². The third-order valence-corrected chi connectivity index (χ3v) is 4.62.